The quantitative estimate of drug-likeness (QED) is 0.564. The minimum absolute atomic E-state index is 0.256. The van der Waals surface area contributed by atoms with E-state index in [0.29, 0.717) is 6.04 Å². The Labute approximate surface area is 94.4 Å². The molecule has 3 heteroatoms. The lowest BCUT2D eigenvalue weighted by Crippen LogP contribution is -2.46. The molecule has 3 N–H and O–H groups in total. The van der Waals surface area contributed by atoms with Crippen molar-refractivity contribution in [3.05, 3.63) is 0 Å². The van der Waals surface area contributed by atoms with Crippen molar-refractivity contribution in [2.75, 3.05) is 26.2 Å². The molecule has 1 atom stereocenters. The molecule has 0 aromatic heterocycles. The average Bonchev–Trinajstić information content (AvgIpc) is 2.12. The van der Waals surface area contributed by atoms with Crippen LogP contribution in [0, 0.1) is 0 Å². The van der Waals surface area contributed by atoms with E-state index >= 15 is 0 Å². The highest BCUT2D eigenvalue weighted by molar-refractivity contribution is 4.82. The van der Waals surface area contributed by atoms with E-state index in [1.807, 2.05) is 0 Å². The SMILES string of the molecule is CC1CC(C)(C)NCCCNCCCN1. The van der Waals surface area contributed by atoms with Gasteiger partial charge >= 0.3 is 0 Å². The van der Waals surface area contributed by atoms with Gasteiger partial charge in [-0.1, -0.05) is 0 Å². The highest BCUT2D eigenvalue weighted by Gasteiger charge is 2.19. The fraction of sp³-hybridized carbons (Fsp3) is 1.00. The third-order valence-corrected chi connectivity index (χ3v) is 2.97. The van der Waals surface area contributed by atoms with Crippen LogP contribution >= 0.6 is 0 Å². The Morgan fingerprint density at radius 3 is 2.40 bits per heavy atom. The van der Waals surface area contributed by atoms with Crippen LogP contribution in [0.2, 0.25) is 0 Å². The molecule has 90 valence electrons. The van der Waals surface area contributed by atoms with Crippen molar-refractivity contribution in [1.82, 2.24) is 16.0 Å². The maximum Gasteiger partial charge on any atom is 0.0139 e. The van der Waals surface area contributed by atoms with Crippen LogP contribution < -0.4 is 16.0 Å². The van der Waals surface area contributed by atoms with Crippen LogP contribution in [0.25, 0.3) is 0 Å². The van der Waals surface area contributed by atoms with Gasteiger partial charge in [-0.3, -0.25) is 0 Å². The van der Waals surface area contributed by atoms with E-state index in [1.54, 1.807) is 0 Å². The highest BCUT2D eigenvalue weighted by atomic mass is 15.0. The largest absolute Gasteiger partial charge is 0.317 e. The van der Waals surface area contributed by atoms with E-state index < -0.39 is 0 Å². The monoisotopic (exact) mass is 213 g/mol. The van der Waals surface area contributed by atoms with E-state index in [1.165, 1.54) is 19.3 Å². The van der Waals surface area contributed by atoms with Gasteiger partial charge in [-0.05, 0) is 66.2 Å². The molecule has 1 fully saturated rings. The Bertz CT molecular complexity index is 168. The Hall–Kier alpha value is -0.120. The minimum Gasteiger partial charge on any atom is -0.317 e. The molecule has 0 bridgehead atoms. The number of hydrogen-bond donors (Lipinski definition) is 3. The summed E-state index contributed by atoms with van der Waals surface area (Å²) in [6.07, 6.45) is 3.66. The fourth-order valence-electron chi connectivity index (χ4n) is 2.24. The maximum atomic E-state index is 3.63. The highest BCUT2D eigenvalue weighted by Crippen LogP contribution is 2.11. The summed E-state index contributed by atoms with van der Waals surface area (Å²) in [5, 5.41) is 10.7. The molecule has 3 nitrogen and oxygen atoms in total. The second kappa shape index (κ2) is 6.46. The normalized spacial score (nSPS) is 30.2. The van der Waals surface area contributed by atoms with Crippen molar-refractivity contribution in [3.8, 4) is 0 Å². The topological polar surface area (TPSA) is 36.1 Å². The summed E-state index contributed by atoms with van der Waals surface area (Å²) < 4.78 is 0. The van der Waals surface area contributed by atoms with E-state index in [0.717, 1.165) is 26.2 Å². The first-order valence-electron chi connectivity index (χ1n) is 6.29. The van der Waals surface area contributed by atoms with Crippen molar-refractivity contribution in [2.45, 2.75) is 51.6 Å². The van der Waals surface area contributed by atoms with Gasteiger partial charge in [0.25, 0.3) is 0 Å². The third kappa shape index (κ3) is 6.13. The van der Waals surface area contributed by atoms with Crippen molar-refractivity contribution in [2.24, 2.45) is 0 Å². The van der Waals surface area contributed by atoms with E-state index in [9.17, 15) is 0 Å². The fourth-order valence-corrected chi connectivity index (χ4v) is 2.24. The molecule has 15 heavy (non-hydrogen) atoms. The predicted octanol–water partition coefficient (Wildman–Crippen LogP) is 1.11. The third-order valence-electron chi connectivity index (χ3n) is 2.97. The zero-order valence-corrected chi connectivity index (χ0v) is 10.5. The number of hydrogen-bond acceptors (Lipinski definition) is 3. The molecule has 1 unspecified atom stereocenters. The molecule has 0 spiro atoms. The second-order valence-electron chi connectivity index (χ2n) is 5.33. The summed E-state index contributed by atoms with van der Waals surface area (Å²) in [4.78, 5) is 0. The zero-order valence-electron chi connectivity index (χ0n) is 10.5. The zero-order chi connectivity index (χ0) is 11.1. The molecule has 0 radical (unpaired) electrons. The van der Waals surface area contributed by atoms with Gasteiger partial charge in [-0.2, -0.15) is 0 Å². The van der Waals surface area contributed by atoms with Crippen molar-refractivity contribution < 1.29 is 0 Å². The van der Waals surface area contributed by atoms with Gasteiger partial charge in [0.1, 0.15) is 0 Å². The van der Waals surface area contributed by atoms with Gasteiger partial charge in [0.15, 0.2) is 0 Å². The Morgan fingerprint density at radius 2 is 1.67 bits per heavy atom. The van der Waals surface area contributed by atoms with Crippen LogP contribution in [0.1, 0.15) is 40.0 Å². The number of nitrogens with one attached hydrogen (secondary N) is 3. The van der Waals surface area contributed by atoms with Crippen LogP contribution in [0.15, 0.2) is 0 Å². The van der Waals surface area contributed by atoms with Crippen LogP contribution in [-0.2, 0) is 0 Å². The standard InChI is InChI=1S/C12H27N3/c1-11-10-12(2,3)15-9-5-7-13-6-4-8-14-11/h11,13-15H,4-10H2,1-3H3. The first-order valence-corrected chi connectivity index (χ1v) is 6.29. The lowest BCUT2D eigenvalue weighted by atomic mass is 9.95. The summed E-state index contributed by atoms with van der Waals surface area (Å²) in [5.41, 5.74) is 0.256. The lowest BCUT2D eigenvalue weighted by molar-refractivity contribution is 0.312. The predicted molar refractivity (Wildman–Crippen MR) is 66.3 cm³/mol. The van der Waals surface area contributed by atoms with Gasteiger partial charge in [-0.25, -0.2) is 0 Å². The summed E-state index contributed by atoms with van der Waals surface area (Å²) in [6.45, 7) is 11.4. The molecule has 1 heterocycles. The molecule has 0 amide bonds. The molecule has 1 aliphatic heterocycles. The molecule has 0 aromatic rings. The molecular weight excluding hydrogens is 186 g/mol. The number of rotatable bonds is 0. The van der Waals surface area contributed by atoms with Crippen LogP contribution in [-0.4, -0.2) is 37.8 Å². The van der Waals surface area contributed by atoms with Crippen LogP contribution in [0.4, 0.5) is 0 Å². The summed E-state index contributed by atoms with van der Waals surface area (Å²) in [6, 6.07) is 0.604. The maximum absolute atomic E-state index is 3.63. The van der Waals surface area contributed by atoms with Gasteiger partial charge < -0.3 is 16.0 Å². The minimum atomic E-state index is 0.256. The summed E-state index contributed by atoms with van der Waals surface area (Å²) >= 11 is 0. The molecule has 0 aliphatic carbocycles. The first kappa shape index (κ1) is 12.9. The van der Waals surface area contributed by atoms with E-state index in [4.69, 9.17) is 0 Å². The Balaban J connectivity index is 2.36. The van der Waals surface area contributed by atoms with Crippen LogP contribution in [0.3, 0.4) is 0 Å². The summed E-state index contributed by atoms with van der Waals surface area (Å²) in [5.74, 6) is 0. The second-order valence-corrected chi connectivity index (χ2v) is 5.33. The van der Waals surface area contributed by atoms with E-state index in [-0.39, 0.29) is 5.54 Å². The molecule has 0 saturated carbocycles. The first-order chi connectivity index (χ1) is 7.10. The van der Waals surface area contributed by atoms with Gasteiger partial charge in [0, 0.05) is 11.6 Å². The molecule has 1 rings (SSSR count). The molecule has 1 aliphatic rings. The summed E-state index contributed by atoms with van der Waals surface area (Å²) in [7, 11) is 0. The molecular formula is C12H27N3. The Kier molecular flexibility index (Phi) is 5.58. The van der Waals surface area contributed by atoms with Gasteiger partial charge in [0.2, 0.25) is 0 Å². The lowest BCUT2D eigenvalue weighted by Gasteiger charge is -2.30. The average molecular weight is 213 g/mol. The smallest absolute Gasteiger partial charge is 0.0139 e. The van der Waals surface area contributed by atoms with Crippen LogP contribution in [0.5, 0.6) is 0 Å². The van der Waals surface area contributed by atoms with Crippen molar-refractivity contribution >= 4 is 0 Å². The Morgan fingerprint density at radius 1 is 1.00 bits per heavy atom. The van der Waals surface area contributed by atoms with Gasteiger partial charge in [-0.15, -0.1) is 0 Å². The molecule has 1 saturated heterocycles. The van der Waals surface area contributed by atoms with E-state index in [2.05, 4.69) is 36.7 Å². The van der Waals surface area contributed by atoms with Crippen molar-refractivity contribution in [3.63, 3.8) is 0 Å². The molecule has 0 aromatic carbocycles. The van der Waals surface area contributed by atoms with Gasteiger partial charge in [0.05, 0.1) is 0 Å². The van der Waals surface area contributed by atoms with Crippen molar-refractivity contribution in [1.29, 1.82) is 0 Å².